The summed E-state index contributed by atoms with van der Waals surface area (Å²) in [5.74, 6) is 0. The Bertz CT molecular complexity index is 375. The number of benzene rings is 1. The van der Waals surface area contributed by atoms with Crippen molar-refractivity contribution in [2.45, 2.75) is 38.3 Å². The molecule has 1 saturated heterocycles. The Morgan fingerprint density at radius 1 is 1.26 bits per heavy atom. The number of hydrogen-bond acceptors (Lipinski definition) is 2. The Balaban J connectivity index is 1.50. The topological polar surface area (TPSA) is 50.4 Å². The van der Waals surface area contributed by atoms with E-state index in [-0.39, 0.29) is 12.3 Å². The number of urea groups is 1. The lowest BCUT2D eigenvalue weighted by Crippen LogP contribution is -2.42. The second kappa shape index (κ2) is 7.79. The molecule has 0 radical (unpaired) electrons. The predicted molar refractivity (Wildman–Crippen MR) is 74.9 cm³/mol. The number of carbonyl (C=O) groups excluding carboxylic acids is 1. The van der Waals surface area contributed by atoms with E-state index >= 15 is 0 Å². The highest BCUT2D eigenvalue weighted by Gasteiger charge is 2.16. The van der Waals surface area contributed by atoms with Crippen molar-refractivity contribution in [3.63, 3.8) is 0 Å². The van der Waals surface area contributed by atoms with Gasteiger partial charge in [-0.05, 0) is 37.7 Å². The van der Waals surface area contributed by atoms with Gasteiger partial charge in [-0.1, -0.05) is 30.3 Å². The minimum Gasteiger partial charge on any atom is -0.358 e. The summed E-state index contributed by atoms with van der Waals surface area (Å²) in [6.07, 6.45) is 5.00. The van der Waals surface area contributed by atoms with E-state index in [1.165, 1.54) is 5.56 Å². The molecule has 1 aromatic carbocycles. The largest absolute Gasteiger partial charge is 0.358 e. The van der Waals surface area contributed by atoms with Crippen molar-refractivity contribution in [1.82, 2.24) is 10.6 Å². The van der Waals surface area contributed by atoms with Crippen LogP contribution in [0.25, 0.3) is 0 Å². The number of nitrogens with one attached hydrogen (secondary N) is 2. The maximum absolute atomic E-state index is 11.5. The molecule has 1 aliphatic heterocycles. The molecule has 1 aromatic rings. The Hall–Kier alpha value is -1.55. The van der Waals surface area contributed by atoms with Crippen molar-refractivity contribution in [3.05, 3.63) is 35.9 Å². The molecule has 2 N–H and O–H groups in total. The van der Waals surface area contributed by atoms with Gasteiger partial charge in [0.2, 0.25) is 0 Å². The highest BCUT2D eigenvalue weighted by molar-refractivity contribution is 5.73. The molecule has 0 aliphatic carbocycles. The highest BCUT2D eigenvalue weighted by atomic mass is 16.5. The van der Waals surface area contributed by atoms with Gasteiger partial charge in [0.1, 0.15) is 6.23 Å². The Kier molecular flexibility index (Phi) is 5.69. The fourth-order valence-corrected chi connectivity index (χ4v) is 2.19. The van der Waals surface area contributed by atoms with Crippen LogP contribution < -0.4 is 10.6 Å². The first-order valence-corrected chi connectivity index (χ1v) is 7.04. The van der Waals surface area contributed by atoms with E-state index < -0.39 is 0 Å². The van der Waals surface area contributed by atoms with Crippen molar-refractivity contribution >= 4 is 6.03 Å². The average Bonchev–Trinajstić information content (AvgIpc) is 2.92. The summed E-state index contributed by atoms with van der Waals surface area (Å²) >= 11 is 0. The van der Waals surface area contributed by atoms with Crippen molar-refractivity contribution in [2.75, 3.05) is 13.2 Å². The van der Waals surface area contributed by atoms with Gasteiger partial charge in [0.25, 0.3) is 0 Å². The van der Waals surface area contributed by atoms with Crippen molar-refractivity contribution in [2.24, 2.45) is 0 Å². The van der Waals surface area contributed by atoms with Crippen molar-refractivity contribution < 1.29 is 9.53 Å². The molecule has 4 nitrogen and oxygen atoms in total. The first-order chi connectivity index (χ1) is 9.34. The van der Waals surface area contributed by atoms with Gasteiger partial charge in [-0.25, -0.2) is 4.79 Å². The lowest BCUT2D eigenvalue weighted by atomic mass is 10.1. The van der Waals surface area contributed by atoms with Crippen LogP contribution >= 0.6 is 0 Å². The molecule has 1 heterocycles. The van der Waals surface area contributed by atoms with E-state index in [4.69, 9.17) is 4.74 Å². The first-order valence-electron chi connectivity index (χ1n) is 7.04. The summed E-state index contributed by atoms with van der Waals surface area (Å²) in [4.78, 5) is 11.5. The molecular formula is C15H22N2O2. The number of rotatable bonds is 6. The fourth-order valence-electron chi connectivity index (χ4n) is 2.19. The lowest BCUT2D eigenvalue weighted by Gasteiger charge is -2.12. The molecule has 0 aromatic heterocycles. The minimum atomic E-state index is -0.119. The standard InChI is InChI=1S/C15H22N2O2/c18-15(17-14-10-6-12-19-14)16-11-5-4-9-13-7-2-1-3-8-13/h1-3,7-8,14H,4-6,9-12H2,(H2,16,17,18). The van der Waals surface area contributed by atoms with E-state index in [2.05, 4.69) is 34.9 Å². The zero-order valence-electron chi connectivity index (χ0n) is 11.2. The molecule has 1 atom stereocenters. The Labute approximate surface area is 114 Å². The van der Waals surface area contributed by atoms with Crippen LogP contribution in [-0.2, 0) is 11.2 Å². The zero-order valence-corrected chi connectivity index (χ0v) is 11.2. The Morgan fingerprint density at radius 2 is 2.11 bits per heavy atom. The fraction of sp³-hybridized carbons (Fsp3) is 0.533. The van der Waals surface area contributed by atoms with Crippen LogP contribution in [0.15, 0.2) is 30.3 Å². The molecule has 2 rings (SSSR count). The summed E-state index contributed by atoms with van der Waals surface area (Å²) in [5.41, 5.74) is 1.35. The number of carbonyl (C=O) groups is 1. The Morgan fingerprint density at radius 3 is 2.84 bits per heavy atom. The van der Waals surface area contributed by atoms with Crippen LogP contribution in [-0.4, -0.2) is 25.4 Å². The van der Waals surface area contributed by atoms with Crippen LogP contribution in [0.1, 0.15) is 31.2 Å². The van der Waals surface area contributed by atoms with E-state index in [0.717, 1.165) is 38.7 Å². The third-order valence-electron chi connectivity index (χ3n) is 3.24. The highest BCUT2D eigenvalue weighted by Crippen LogP contribution is 2.08. The van der Waals surface area contributed by atoms with Crippen LogP contribution in [0.2, 0.25) is 0 Å². The van der Waals surface area contributed by atoms with Crippen LogP contribution in [0, 0.1) is 0 Å². The molecule has 0 bridgehead atoms. The molecule has 1 fully saturated rings. The van der Waals surface area contributed by atoms with Gasteiger partial charge < -0.3 is 15.4 Å². The molecule has 19 heavy (non-hydrogen) atoms. The van der Waals surface area contributed by atoms with Crippen molar-refractivity contribution in [3.8, 4) is 0 Å². The average molecular weight is 262 g/mol. The summed E-state index contributed by atoms with van der Waals surface area (Å²) in [5, 5.41) is 5.68. The predicted octanol–water partition coefficient (Wildman–Crippen LogP) is 2.45. The number of hydrogen-bond donors (Lipinski definition) is 2. The summed E-state index contributed by atoms with van der Waals surface area (Å²) in [6, 6.07) is 10.3. The SMILES string of the molecule is O=C(NCCCCc1ccccc1)NC1CCCO1. The van der Waals surface area contributed by atoms with Gasteiger partial charge in [0.05, 0.1) is 0 Å². The van der Waals surface area contributed by atoms with Crippen molar-refractivity contribution in [1.29, 1.82) is 0 Å². The molecule has 0 spiro atoms. The third kappa shape index (κ3) is 5.30. The van der Waals surface area contributed by atoms with Crippen LogP contribution in [0.4, 0.5) is 4.79 Å². The monoisotopic (exact) mass is 262 g/mol. The maximum atomic E-state index is 11.5. The van der Waals surface area contributed by atoms with E-state index in [9.17, 15) is 4.79 Å². The number of amides is 2. The molecule has 1 aliphatic rings. The number of ether oxygens (including phenoxy) is 1. The lowest BCUT2D eigenvalue weighted by molar-refractivity contribution is 0.0907. The molecular weight excluding hydrogens is 240 g/mol. The zero-order chi connectivity index (χ0) is 13.3. The van der Waals surface area contributed by atoms with E-state index in [1.54, 1.807) is 0 Å². The molecule has 4 heteroatoms. The molecule has 104 valence electrons. The molecule has 2 amide bonds. The van der Waals surface area contributed by atoms with Gasteiger partial charge in [-0.15, -0.1) is 0 Å². The van der Waals surface area contributed by atoms with Gasteiger partial charge >= 0.3 is 6.03 Å². The van der Waals surface area contributed by atoms with Crippen LogP contribution in [0.3, 0.4) is 0 Å². The van der Waals surface area contributed by atoms with Crippen LogP contribution in [0.5, 0.6) is 0 Å². The van der Waals surface area contributed by atoms with Gasteiger partial charge in [0, 0.05) is 13.2 Å². The van der Waals surface area contributed by atoms with Gasteiger partial charge in [-0.3, -0.25) is 0 Å². The second-order valence-corrected chi connectivity index (χ2v) is 4.84. The maximum Gasteiger partial charge on any atom is 0.316 e. The van der Waals surface area contributed by atoms with Gasteiger partial charge in [-0.2, -0.15) is 0 Å². The smallest absolute Gasteiger partial charge is 0.316 e. The molecule has 1 unspecified atom stereocenters. The first kappa shape index (κ1) is 13.9. The molecule has 0 saturated carbocycles. The third-order valence-corrected chi connectivity index (χ3v) is 3.24. The number of aryl methyl sites for hydroxylation is 1. The van der Waals surface area contributed by atoms with Gasteiger partial charge in [0.15, 0.2) is 0 Å². The minimum absolute atomic E-state index is 0.0932. The summed E-state index contributed by atoms with van der Waals surface area (Å²) < 4.78 is 5.34. The second-order valence-electron chi connectivity index (χ2n) is 4.84. The summed E-state index contributed by atoms with van der Waals surface area (Å²) in [7, 11) is 0. The summed E-state index contributed by atoms with van der Waals surface area (Å²) in [6.45, 7) is 1.47. The van der Waals surface area contributed by atoms with E-state index in [0.29, 0.717) is 6.54 Å². The number of unbranched alkanes of at least 4 members (excludes halogenated alkanes) is 1. The quantitative estimate of drug-likeness (QED) is 0.774. The van der Waals surface area contributed by atoms with E-state index in [1.807, 2.05) is 6.07 Å². The normalized spacial score (nSPS) is 18.2.